The number of aryl methyl sites for hydroxylation is 1. The van der Waals surface area contributed by atoms with Gasteiger partial charge in [-0.1, -0.05) is 72.1 Å². The van der Waals surface area contributed by atoms with Crippen LogP contribution in [0, 0.1) is 23.7 Å². The third kappa shape index (κ3) is 5.29. The highest BCUT2D eigenvalue weighted by Gasteiger charge is 2.70. The number of rotatable bonds is 8. The van der Waals surface area contributed by atoms with Crippen LogP contribution < -0.4 is 19.8 Å². The largest absolute Gasteiger partial charge is 0.508 e. The molecule has 12 heteroatoms. The number of hydrogen-bond acceptors (Lipinski definition) is 8. The molecular formula is C42H37Cl2N3O7. The minimum Gasteiger partial charge on any atom is -0.508 e. The van der Waals surface area contributed by atoms with Gasteiger partial charge in [0.15, 0.2) is 0 Å². The number of nitrogens with one attached hydrogen (secondary N) is 1. The third-order valence-corrected chi connectivity index (χ3v) is 12.3. The van der Waals surface area contributed by atoms with Crippen molar-refractivity contribution in [2.45, 2.75) is 37.5 Å². The molecule has 4 aromatic rings. The van der Waals surface area contributed by atoms with Gasteiger partial charge in [0.05, 0.1) is 53.8 Å². The first-order valence-corrected chi connectivity index (χ1v) is 18.6. The van der Waals surface area contributed by atoms with E-state index in [1.54, 1.807) is 61.7 Å². The summed E-state index contributed by atoms with van der Waals surface area (Å²) in [5.74, 6) is -4.77. The number of carbonyl (C=O) groups is 4. The number of nitrogens with zero attached hydrogens (tertiary/aromatic N) is 2. The predicted molar refractivity (Wildman–Crippen MR) is 204 cm³/mol. The van der Waals surface area contributed by atoms with Crippen molar-refractivity contribution in [1.29, 1.82) is 0 Å². The Balaban J connectivity index is 1.33. The maximum Gasteiger partial charge on any atom is 0.260 e. The van der Waals surface area contributed by atoms with Crippen molar-refractivity contribution >= 4 is 58.2 Å². The van der Waals surface area contributed by atoms with Crippen molar-refractivity contribution in [3.8, 4) is 17.2 Å². The molecule has 54 heavy (non-hydrogen) atoms. The summed E-state index contributed by atoms with van der Waals surface area (Å²) in [4.78, 5) is 60.5. The van der Waals surface area contributed by atoms with E-state index in [1.165, 1.54) is 30.2 Å². The SMILES string of the molecule is CCc1ccc(N2C(=O)[C@H]3[C@H](CC=C4[C@H]3C[C@H]3C(=O)N(Nc5ccc(Cl)cc5Cl)C(=O)[C@@]3(c3ccc(OC)cc3)[C@H]4c3ccc(O)cc3OC)C2=O)cc1. The summed E-state index contributed by atoms with van der Waals surface area (Å²) in [5.41, 5.74) is 5.14. The van der Waals surface area contributed by atoms with Crippen LogP contribution in [0.25, 0.3) is 0 Å². The minimum absolute atomic E-state index is 0.0495. The van der Waals surface area contributed by atoms with Crippen LogP contribution >= 0.6 is 23.2 Å². The molecule has 0 unspecified atom stereocenters. The average Bonchev–Trinajstić information content (AvgIpc) is 3.56. The lowest BCUT2D eigenvalue weighted by atomic mass is 9.49. The number of phenolic OH excluding ortho intramolecular Hbond substituents is 1. The van der Waals surface area contributed by atoms with Gasteiger partial charge in [-0.2, -0.15) is 5.01 Å². The monoisotopic (exact) mass is 765 g/mol. The van der Waals surface area contributed by atoms with E-state index in [4.69, 9.17) is 32.7 Å². The number of allylic oxidation sites excluding steroid dienone is 2. The van der Waals surface area contributed by atoms with Crippen LogP contribution in [0.4, 0.5) is 11.4 Å². The molecule has 3 fully saturated rings. The van der Waals surface area contributed by atoms with E-state index in [1.807, 2.05) is 25.1 Å². The number of fused-ring (bicyclic) bond motifs is 4. The molecule has 4 aromatic carbocycles. The maximum absolute atomic E-state index is 15.5. The Labute approximate surface area is 322 Å². The molecule has 2 aliphatic carbocycles. The molecule has 2 N–H and O–H groups in total. The molecule has 1 saturated carbocycles. The fraction of sp³-hybridized carbons (Fsp3) is 0.286. The zero-order valence-electron chi connectivity index (χ0n) is 29.7. The molecule has 2 heterocycles. The quantitative estimate of drug-likeness (QED) is 0.140. The van der Waals surface area contributed by atoms with Crippen LogP contribution in [-0.4, -0.2) is 48.0 Å². The number of methoxy groups -OCH3 is 2. The van der Waals surface area contributed by atoms with Gasteiger partial charge in [0, 0.05) is 22.6 Å². The highest BCUT2D eigenvalue weighted by atomic mass is 35.5. The van der Waals surface area contributed by atoms with Gasteiger partial charge >= 0.3 is 0 Å². The number of benzene rings is 4. The first-order valence-electron chi connectivity index (χ1n) is 17.8. The Bertz CT molecular complexity index is 2240. The van der Waals surface area contributed by atoms with E-state index in [0.29, 0.717) is 39.0 Å². The lowest BCUT2D eigenvalue weighted by Gasteiger charge is -2.50. The molecule has 2 aliphatic heterocycles. The average molecular weight is 767 g/mol. The normalized spacial score (nSPS) is 25.9. The van der Waals surface area contributed by atoms with Crippen LogP contribution in [0.5, 0.6) is 17.2 Å². The van der Waals surface area contributed by atoms with Gasteiger partial charge in [-0.3, -0.25) is 29.5 Å². The standard InChI is InChI=1S/C42H37Cl2N3O7/c1-4-22-5-10-25(11-6-22)46-38(49)30-17-16-28-31(36(30)40(46)51)21-32-39(50)47(45-34-18-9-24(43)19-33(34)44)41(52)42(32,23-7-13-27(53-2)14-8-23)37(28)29-15-12-26(48)20-35(29)54-3/h5-16,18-20,30-32,36-37,45,48H,4,17,21H2,1-3H3/t30-,31+,32-,36-,37+,42+/m0/s1. The fourth-order valence-electron chi connectivity index (χ4n) is 9.26. The summed E-state index contributed by atoms with van der Waals surface area (Å²) in [6.07, 6.45) is 3.15. The number of anilines is 2. The van der Waals surface area contributed by atoms with Gasteiger partial charge in [-0.05, 0) is 84.8 Å². The van der Waals surface area contributed by atoms with E-state index in [-0.39, 0.29) is 35.4 Å². The second-order valence-electron chi connectivity index (χ2n) is 14.2. The van der Waals surface area contributed by atoms with Gasteiger partial charge in [-0.25, -0.2) is 0 Å². The smallest absolute Gasteiger partial charge is 0.260 e. The molecule has 0 bridgehead atoms. The Morgan fingerprint density at radius 2 is 1.59 bits per heavy atom. The second kappa shape index (κ2) is 13.5. The molecule has 0 radical (unpaired) electrons. The zero-order valence-corrected chi connectivity index (χ0v) is 31.2. The highest BCUT2D eigenvalue weighted by molar-refractivity contribution is 6.36. The molecule has 276 valence electrons. The number of amides is 4. The van der Waals surface area contributed by atoms with E-state index in [9.17, 15) is 19.5 Å². The predicted octanol–water partition coefficient (Wildman–Crippen LogP) is 7.47. The third-order valence-electron chi connectivity index (χ3n) is 11.7. The number of carbonyl (C=O) groups excluding carboxylic acids is 4. The number of hydrogen-bond donors (Lipinski definition) is 2. The van der Waals surface area contributed by atoms with Gasteiger partial charge in [0.25, 0.3) is 11.8 Å². The number of halogens is 2. The Morgan fingerprint density at radius 1 is 0.852 bits per heavy atom. The van der Waals surface area contributed by atoms with Crippen molar-refractivity contribution in [3.05, 3.63) is 123 Å². The second-order valence-corrected chi connectivity index (χ2v) is 15.0. The van der Waals surface area contributed by atoms with Crippen LogP contribution in [0.1, 0.15) is 42.4 Å². The molecule has 2 saturated heterocycles. The number of imide groups is 2. The molecule has 8 rings (SSSR count). The first-order chi connectivity index (χ1) is 26.0. The summed E-state index contributed by atoms with van der Waals surface area (Å²) in [6.45, 7) is 2.03. The van der Waals surface area contributed by atoms with E-state index in [0.717, 1.165) is 22.6 Å². The number of ether oxygens (including phenoxy) is 2. The molecule has 4 aliphatic rings. The summed E-state index contributed by atoms with van der Waals surface area (Å²) < 4.78 is 11.3. The minimum atomic E-state index is -1.57. The van der Waals surface area contributed by atoms with Crippen LogP contribution in [0.3, 0.4) is 0 Å². The van der Waals surface area contributed by atoms with Crippen LogP contribution in [0.2, 0.25) is 10.0 Å². The number of hydrazine groups is 1. The molecule has 0 aromatic heterocycles. The summed E-state index contributed by atoms with van der Waals surface area (Å²) in [7, 11) is 3.02. The Hall–Kier alpha value is -5.32. The number of aromatic hydroxyl groups is 1. The van der Waals surface area contributed by atoms with E-state index < -0.39 is 46.8 Å². The van der Waals surface area contributed by atoms with Crippen molar-refractivity contribution in [1.82, 2.24) is 5.01 Å². The lowest BCUT2D eigenvalue weighted by molar-refractivity contribution is -0.138. The summed E-state index contributed by atoms with van der Waals surface area (Å²) in [6, 6.07) is 23.9. The summed E-state index contributed by atoms with van der Waals surface area (Å²) in [5, 5.41) is 12.2. The van der Waals surface area contributed by atoms with Crippen molar-refractivity contribution in [3.63, 3.8) is 0 Å². The Kier molecular flexibility index (Phi) is 8.93. The lowest BCUT2D eigenvalue weighted by Crippen LogP contribution is -2.53. The van der Waals surface area contributed by atoms with Crippen molar-refractivity contribution in [2.75, 3.05) is 24.5 Å². The van der Waals surface area contributed by atoms with Crippen LogP contribution in [-0.2, 0) is 31.0 Å². The highest BCUT2D eigenvalue weighted by Crippen LogP contribution is 2.65. The molecule has 6 atom stereocenters. The fourth-order valence-corrected chi connectivity index (χ4v) is 9.71. The maximum atomic E-state index is 15.5. The van der Waals surface area contributed by atoms with E-state index >= 15 is 4.79 Å². The molecule has 10 nitrogen and oxygen atoms in total. The molecule has 0 spiro atoms. The topological polar surface area (TPSA) is 125 Å². The van der Waals surface area contributed by atoms with Gasteiger partial charge < -0.3 is 14.6 Å². The van der Waals surface area contributed by atoms with Gasteiger partial charge in [-0.15, -0.1) is 0 Å². The van der Waals surface area contributed by atoms with Crippen molar-refractivity contribution in [2.24, 2.45) is 23.7 Å². The zero-order chi connectivity index (χ0) is 38.1. The first kappa shape index (κ1) is 35.7. The van der Waals surface area contributed by atoms with E-state index in [2.05, 4.69) is 5.43 Å². The van der Waals surface area contributed by atoms with Gasteiger partial charge in [0.2, 0.25) is 11.8 Å². The molecule has 4 amide bonds. The Morgan fingerprint density at radius 3 is 2.26 bits per heavy atom. The summed E-state index contributed by atoms with van der Waals surface area (Å²) >= 11 is 12.7. The van der Waals surface area contributed by atoms with Gasteiger partial charge in [0.1, 0.15) is 17.2 Å². The van der Waals surface area contributed by atoms with Crippen LogP contribution in [0.15, 0.2) is 96.6 Å². The van der Waals surface area contributed by atoms with Crippen molar-refractivity contribution < 1.29 is 33.8 Å². The number of phenols is 1. The molecular weight excluding hydrogens is 729 g/mol.